The molecule has 0 saturated carbocycles. The molecule has 0 aromatic rings. The Morgan fingerprint density at radius 2 is 1.90 bits per heavy atom. The first-order valence-electron chi connectivity index (χ1n) is 7.65. The number of amides is 2. The summed E-state index contributed by atoms with van der Waals surface area (Å²) in [6.45, 7) is 8.98. The van der Waals surface area contributed by atoms with E-state index >= 15 is 0 Å². The number of carbonyl (C=O) groups is 2. The Hall–Kier alpha value is -1.10. The molecule has 4 unspecified atom stereocenters. The number of piperazine rings is 1. The second-order valence-electron chi connectivity index (χ2n) is 6.67. The Morgan fingerprint density at radius 1 is 1.25 bits per heavy atom. The lowest BCUT2D eigenvalue weighted by molar-refractivity contribution is -0.155. The molecule has 2 heterocycles. The molecule has 2 saturated heterocycles. The molecule has 2 rings (SSSR count). The van der Waals surface area contributed by atoms with Crippen molar-refractivity contribution in [3.05, 3.63) is 0 Å². The Kier molecular flexibility index (Phi) is 4.37. The van der Waals surface area contributed by atoms with E-state index < -0.39 is 6.04 Å². The van der Waals surface area contributed by atoms with Gasteiger partial charge in [0, 0.05) is 18.6 Å². The average Bonchev–Trinajstić information content (AvgIpc) is 2.36. The van der Waals surface area contributed by atoms with E-state index in [-0.39, 0.29) is 29.8 Å². The molecule has 2 amide bonds. The number of hydrogen-bond acceptors (Lipinski definition) is 3. The first kappa shape index (κ1) is 15.3. The molecule has 0 aromatic heterocycles. The Morgan fingerprint density at radius 3 is 2.45 bits per heavy atom. The van der Waals surface area contributed by atoms with Gasteiger partial charge < -0.3 is 15.1 Å². The molecule has 4 atom stereocenters. The lowest BCUT2D eigenvalue weighted by Gasteiger charge is -2.48. The van der Waals surface area contributed by atoms with Crippen LogP contribution in [0.25, 0.3) is 0 Å². The van der Waals surface area contributed by atoms with Gasteiger partial charge in [-0.15, -0.1) is 0 Å². The highest BCUT2D eigenvalue weighted by atomic mass is 16.2. The SMILES string of the molecule is CC1NC(=O)C(C(C)C)N(C2CCN(C)C(C)C2)C1=O. The molecule has 20 heavy (non-hydrogen) atoms. The van der Waals surface area contributed by atoms with Gasteiger partial charge >= 0.3 is 0 Å². The summed E-state index contributed by atoms with van der Waals surface area (Å²) in [4.78, 5) is 29.1. The monoisotopic (exact) mass is 281 g/mol. The van der Waals surface area contributed by atoms with Gasteiger partial charge in [0.25, 0.3) is 0 Å². The standard InChI is InChI=1S/C15H27N3O2/c1-9(2)13-14(19)16-11(4)15(20)18(13)12-6-7-17(5)10(3)8-12/h9-13H,6-8H2,1-5H3,(H,16,19). The maximum atomic E-state index is 12.6. The van der Waals surface area contributed by atoms with Gasteiger partial charge in [-0.1, -0.05) is 13.8 Å². The maximum Gasteiger partial charge on any atom is 0.245 e. The summed E-state index contributed by atoms with van der Waals surface area (Å²) in [7, 11) is 2.12. The smallest absolute Gasteiger partial charge is 0.245 e. The number of nitrogens with one attached hydrogen (secondary N) is 1. The van der Waals surface area contributed by atoms with Gasteiger partial charge in [-0.2, -0.15) is 0 Å². The van der Waals surface area contributed by atoms with Crippen LogP contribution in [0.3, 0.4) is 0 Å². The van der Waals surface area contributed by atoms with Crippen LogP contribution in [-0.2, 0) is 9.59 Å². The van der Waals surface area contributed by atoms with E-state index in [0.717, 1.165) is 19.4 Å². The van der Waals surface area contributed by atoms with Crippen LogP contribution in [-0.4, -0.2) is 59.4 Å². The summed E-state index contributed by atoms with van der Waals surface area (Å²) in [5.74, 6) is 0.213. The van der Waals surface area contributed by atoms with Crippen LogP contribution in [0.5, 0.6) is 0 Å². The fourth-order valence-electron chi connectivity index (χ4n) is 3.40. The van der Waals surface area contributed by atoms with E-state index in [4.69, 9.17) is 0 Å². The van der Waals surface area contributed by atoms with Crippen LogP contribution < -0.4 is 5.32 Å². The zero-order valence-corrected chi connectivity index (χ0v) is 13.2. The zero-order chi connectivity index (χ0) is 15.0. The Bertz CT molecular complexity index is 397. The van der Waals surface area contributed by atoms with Crippen LogP contribution in [0.1, 0.15) is 40.5 Å². The molecule has 0 radical (unpaired) electrons. The van der Waals surface area contributed by atoms with Crippen molar-refractivity contribution in [2.24, 2.45) is 5.92 Å². The van der Waals surface area contributed by atoms with Crippen LogP contribution in [0.2, 0.25) is 0 Å². The molecule has 5 heteroatoms. The highest BCUT2D eigenvalue weighted by molar-refractivity contribution is 5.97. The summed E-state index contributed by atoms with van der Waals surface area (Å²) in [6, 6.07) is -0.0731. The van der Waals surface area contributed by atoms with Gasteiger partial charge in [-0.3, -0.25) is 9.59 Å². The minimum Gasteiger partial charge on any atom is -0.343 e. The molecular weight excluding hydrogens is 254 g/mol. The second kappa shape index (κ2) is 5.72. The summed E-state index contributed by atoms with van der Waals surface area (Å²) in [6.07, 6.45) is 1.90. The minimum absolute atomic E-state index is 0.00122. The van der Waals surface area contributed by atoms with E-state index in [1.54, 1.807) is 6.92 Å². The molecule has 0 bridgehead atoms. The predicted octanol–water partition coefficient (Wildman–Crippen LogP) is 0.841. The van der Waals surface area contributed by atoms with Crippen LogP contribution in [0.15, 0.2) is 0 Å². The molecule has 1 N–H and O–H groups in total. The number of nitrogens with zero attached hydrogens (tertiary/aromatic N) is 2. The van der Waals surface area contributed by atoms with Crippen molar-refractivity contribution in [3.63, 3.8) is 0 Å². The van der Waals surface area contributed by atoms with E-state index in [2.05, 4.69) is 24.2 Å². The van der Waals surface area contributed by atoms with Gasteiger partial charge in [0.2, 0.25) is 11.8 Å². The molecule has 5 nitrogen and oxygen atoms in total. The van der Waals surface area contributed by atoms with Gasteiger partial charge in [-0.05, 0) is 39.7 Å². The van der Waals surface area contributed by atoms with E-state index in [1.165, 1.54) is 0 Å². The molecule has 2 fully saturated rings. The number of rotatable bonds is 2. The average molecular weight is 281 g/mol. The van der Waals surface area contributed by atoms with Crippen molar-refractivity contribution in [2.45, 2.75) is 64.7 Å². The third-order valence-electron chi connectivity index (χ3n) is 4.76. The van der Waals surface area contributed by atoms with Crippen molar-refractivity contribution in [3.8, 4) is 0 Å². The largest absolute Gasteiger partial charge is 0.343 e. The number of piperidine rings is 1. The maximum absolute atomic E-state index is 12.6. The summed E-state index contributed by atoms with van der Waals surface area (Å²) < 4.78 is 0. The van der Waals surface area contributed by atoms with Crippen molar-refractivity contribution in [1.29, 1.82) is 0 Å². The van der Waals surface area contributed by atoms with Crippen LogP contribution in [0, 0.1) is 5.92 Å². The van der Waals surface area contributed by atoms with Crippen molar-refractivity contribution in [2.75, 3.05) is 13.6 Å². The quantitative estimate of drug-likeness (QED) is 0.816. The van der Waals surface area contributed by atoms with Crippen molar-refractivity contribution >= 4 is 11.8 Å². The fourth-order valence-corrected chi connectivity index (χ4v) is 3.40. The molecule has 0 aromatic carbocycles. The molecule has 2 aliphatic heterocycles. The Labute approximate surface area is 121 Å². The van der Waals surface area contributed by atoms with Crippen LogP contribution in [0.4, 0.5) is 0 Å². The lowest BCUT2D eigenvalue weighted by Crippen LogP contribution is -2.67. The molecule has 0 aliphatic carbocycles. The number of likely N-dealkylation sites (tertiary alicyclic amines) is 1. The topological polar surface area (TPSA) is 52.7 Å². The predicted molar refractivity (Wildman–Crippen MR) is 78.2 cm³/mol. The highest BCUT2D eigenvalue weighted by Gasteiger charge is 2.44. The third kappa shape index (κ3) is 2.68. The normalized spacial score (nSPS) is 36.4. The highest BCUT2D eigenvalue weighted by Crippen LogP contribution is 2.27. The first-order valence-corrected chi connectivity index (χ1v) is 7.65. The van der Waals surface area contributed by atoms with E-state index in [1.807, 2.05) is 18.7 Å². The van der Waals surface area contributed by atoms with E-state index in [9.17, 15) is 9.59 Å². The van der Waals surface area contributed by atoms with Gasteiger partial charge in [0.05, 0.1) is 0 Å². The molecule has 114 valence electrons. The Balaban J connectivity index is 2.24. The second-order valence-corrected chi connectivity index (χ2v) is 6.67. The van der Waals surface area contributed by atoms with Gasteiger partial charge in [0.1, 0.15) is 12.1 Å². The van der Waals surface area contributed by atoms with Gasteiger partial charge in [-0.25, -0.2) is 0 Å². The lowest BCUT2D eigenvalue weighted by atomic mass is 9.90. The number of carbonyl (C=O) groups excluding carboxylic acids is 2. The van der Waals surface area contributed by atoms with Crippen molar-refractivity contribution < 1.29 is 9.59 Å². The third-order valence-corrected chi connectivity index (χ3v) is 4.76. The molecule has 2 aliphatic rings. The molecule has 0 spiro atoms. The van der Waals surface area contributed by atoms with Crippen LogP contribution >= 0.6 is 0 Å². The zero-order valence-electron chi connectivity index (χ0n) is 13.2. The number of hydrogen-bond donors (Lipinski definition) is 1. The summed E-state index contributed by atoms with van der Waals surface area (Å²) in [5, 5.41) is 2.81. The summed E-state index contributed by atoms with van der Waals surface area (Å²) in [5.41, 5.74) is 0. The minimum atomic E-state index is -0.396. The van der Waals surface area contributed by atoms with Gasteiger partial charge in [0.15, 0.2) is 0 Å². The summed E-state index contributed by atoms with van der Waals surface area (Å²) >= 11 is 0. The first-order chi connectivity index (χ1) is 9.32. The van der Waals surface area contributed by atoms with Crippen molar-refractivity contribution in [1.82, 2.24) is 15.1 Å². The fraction of sp³-hybridized carbons (Fsp3) is 0.867. The molecular formula is C15H27N3O2. The van der Waals surface area contributed by atoms with E-state index in [0.29, 0.717) is 6.04 Å².